The highest BCUT2D eigenvalue weighted by atomic mass is 32.1. The van der Waals surface area contributed by atoms with Gasteiger partial charge in [-0.25, -0.2) is 0 Å². The SMILES string of the molecule is CN(Cc1ccsc1)C(=O)COC(=O)C1CCN(C(=O)/C=C/c2ccccc2)CC1. The van der Waals surface area contributed by atoms with E-state index in [-0.39, 0.29) is 30.3 Å². The number of carbonyl (C=O) groups is 3. The lowest BCUT2D eigenvalue weighted by molar-refractivity contribution is -0.157. The molecular formula is C23H26N2O4S. The van der Waals surface area contributed by atoms with Gasteiger partial charge in [0.05, 0.1) is 5.92 Å². The fourth-order valence-corrected chi connectivity index (χ4v) is 3.94. The normalized spacial score (nSPS) is 14.6. The van der Waals surface area contributed by atoms with Crippen molar-refractivity contribution in [3.8, 4) is 0 Å². The molecule has 30 heavy (non-hydrogen) atoms. The molecule has 0 bridgehead atoms. The van der Waals surface area contributed by atoms with Gasteiger partial charge >= 0.3 is 5.97 Å². The van der Waals surface area contributed by atoms with Crippen LogP contribution in [-0.2, 0) is 25.7 Å². The van der Waals surface area contributed by atoms with E-state index >= 15 is 0 Å². The minimum absolute atomic E-state index is 0.0593. The van der Waals surface area contributed by atoms with Gasteiger partial charge in [-0.05, 0) is 46.9 Å². The van der Waals surface area contributed by atoms with E-state index in [0.717, 1.165) is 11.1 Å². The molecule has 2 heterocycles. The Morgan fingerprint density at radius 1 is 1.17 bits per heavy atom. The highest BCUT2D eigenvalue weighted by Crippen LogP contribution is 2.19. The summed E-state index contributed by atoms with van der Waals surface area (Å²) in [5.74, 6) is -0.926. The van der Waals surface area contributed by atoms with Gasteiger partial charge in [0.1, 0.15) is 0 Å². The van der Waals surface area contributed by atoms with E-state index in [9.17, 15) is 14.4 Å². The van der Waals surface area contributed by atoms with Crippen LogP contribution in [0.4, 0.5) is 0 Å². The van der Waals surface area contributed by atoms with E-state index in [4.69, 9.17) is 4.74 Å². The number of likely N-dealkylation sites (tertiary alicyclic amines) is 1. The van der Waals surface area contributed by atoms with Crippen molar-refractivity contribution < 1.29 is 19.1 Å². The molecule has 1 fully saturated rings. The first-order valence-corrected chi connectivity index (χ1v) is 10.9. The quantitative estimate of drug-likeness (QED) is 0.504. The molecule has 7 heteroatoms. The Morgan fingerprint density at radius 2 is 1.90 bits per heavy atom. The van der Waals surface area contributed by atoms with Crippen molar-refractivity contribution in [3.05, 3.63) is 64.4 Å². The summed E-state index contributed by atoms with van der Waals surface area (Å²) in [6.07, 6.45) is 4.45. The number of ether oxygens (including phenoxy) is 1. The molecule has 1 aromatic carbocycles. The molecule has 1 saturated heterocycles. The van der Waals surface area contributed by atoms with Gasteiger partial charge < -0.3 is 14.5 Å². The van der Waals surface area contributed by atoms with E-state index in [1.807, 2.05) is 47.2 Å². The predicted molar refractivity (Wildman–Crippen MR) is 117 cm³/mol. The third-order valence-electron chi connectivity index (χ3n) is 5.12. The third kappa shape index (κ3) is 6.29. The maximum Gasteiger partial charge on any atom is 0.309 e. The highest BCUT2D eigenvalue weighted by molar-refractivity contribution is 7.07. The summed E-state index contributed by atoms with van der Waals surface area (Å²) in [5.41, 5.74) is 2.03. The second-order valence-electron chi connectivity index (χ2n) is 7.33. The Morgan fingerprint density at radius 3 is 2.57 bits per heavy atom. The first-order chi connectivity index (χ1) is 14.5. The van der Waals surface area contributed by atoms with Gasteiger partial charge in [-0.1, -0.05) is 30.3 Å². The Bertz CT molecular complexity index is 872. The molecular weight excluding hydrogens is 400 g/mol. The number of hydrogen-bond acceptors (Lipinski definition) is 5. The van der Waals surface area contributed by atoms with Gasteiger partial charge in [-0.3, -0.25) is 14.4 Å². The average molecular weight is 427 g/mol. The van der Waals surface area contributed by atoms with Crippen molar-refractivity contribution in [2.45, 2.75) is 19.4 Å². The lowest BCUT2D eigenvalue weighted by atomic mass is 9.97. The molecule has 0 radical (unpaired) electrons. The Labute approximate surface area is 180 Å². The van der Waals surface area contributed by atoms with Crippen molar-refractivity contribution in [1.82, 2.24) is 9.80 Å². The van der Waals surface area contributed by atoms with E-state index in [0.29, 0.717) is 32.5 Å². The van der Waals surface area contributed by atoms with Crippen molar-refractivity contribution in [1.29, 1.82) is 0 Å². The average Bonchev–Trinajstić information content (AvgIpc) is 3.29. The zero-order chi connectivity index (χ0) is 21.3. The highest BCUT2D eigenvalue weighted by Gasteiger charge is 2.28. The zero-order valence-electron chi connectivity index (χ0n) is 17.0. The molecule has 1 aliphatic heterocycles. The van der Waals surface area contributed by atoms with E-state index in [1.165, 1.54) is 0 Å². The largest absolute Gasteiger partial charge is 0.455 e. The number of likely N-dealkylation sites (N-methyl/N-ethyl adjacent to an activating group) is 1. The van der Waals surface area contributed by atoms with Gasteiger partial charge in [0, 0.05) is 32.8 Å². The summed E-state index contributed by atoms with van der Waals surface area (Å²) in [6, 6.07) is 11.6. The summed E-state index contributed by atoms with van der Waals surface area (Å²) < 4.78 is 5.24. The summed E-state index contributed by atoms with van der Waals surface area (Å²) in [5, 5.41) is 3.95. The predicted octanol–water partition coefficient (Wildman–Crippen LogP) is 3.20. The summed E-state index contributed by atoms with van der Waals surface area (Å²) in [6.45, 7) is 1.25. The Balaban J connectivity index is 1.39. The minimum atomic E-state index is -0.362. The van der Waals surface area contributed by atoms with E-state index in [1.54, 1.807) is 40.3 Å². The number of thiophene rings is 1. The van der Waals surface area contributed by atoms with Crippen LogP contribution in [-0.4, -0.2) is 54.3 Å². The van der Waals surface area contributed by atoms with Crippen LogP contribution in [0.25, 0.3) is 6.08 Å². The molecule has 6 nitrogen and oxygen atoms in total. The van der Waals surface area contributed by atoms with Crippen molar-refractivity contribution in [2.75, 3.05) is 26.7 Å². The van der Waals surface area contributed by atoms with Crippen molar-refractivity contribution >= 4 is 35.2 Å². The van der Waals surface area contributed by atoms with Crippen LogP contribution < -0.4 is 0 Å². The summed E-state index contributed by atoms with van der Waals surface area (Å²) in [7, 11) is 1.70. The first-order valence-electron chi connectivity index (χ1n) is 9.96. The lowest BCUT2D eigenvalue weighted by Crippen LogP contribution is -2.40. The summed E-state index contributed by atoms with van der Waals surface area (Å²) in [4.78, 5) is 40.1. The molecule has 3 rings (SSSR count). The molecule has 0 N–H and O–H groups in total. The summed E-state index contributed by atoms with van der Waals surface area (Å²) >= 11 is 1.58. The molecule has 0 atom stereocenters. The topological polar surface area (TPSA) is 66.9 Å². The number of amides is 2. The lowest BCUT2D eigenvalue weighted by Gasteiger charge is -2.30. The molecule has 1 aliphatic rings. The molecule has 0 spiro atoms. The second kappa shape index (κ2) is 10.7. The first kappa shape index (κ1) is 21.8. The molecule has 2 aromatic rings. The zero-order valence-corrected chi connectivity index (χ0v) is 17.8. The molecule has 0 unspecified atom stereocenters. The van der Waals surface area contributed by atoms with Gasteiger partial charge in [-0.15, -0.1) is 0 Å². The monoisotopic (exact) mass is 426 g/mol. The molecule has 158 valence electrons. The molecule has 1 aromatic heterocycles. The van der Waals surface area contributed by atoms with Crippen molar-refractivity contribution in [2.24, 2.45) is 5.92 Å². The second-order valence-corrected chi connectivity index (χ2v) is 8.11. The fraction of sp³-hybridized carbons (Fsp3) is 0.348. The van der Waals surface area contributed by atoms with Crippen LogP contribution in [0.3, 0.4) is 0 Å². The van der Waals surface area contributed by atoms with Crippen LogP contribution in [0.5, 0.6) is 0 Å². The number of hydrogen-bond donors (Lipinski definition) is 0. The van der Waals surface area contributed by atoms with Crippen LogP contribution in [0, 0.1) is 5.92 Å². The number of carbonyl (C=O) groups excluding carboxylic acids is 3. The standard InChI is InChI=1S/C23H26N2O4S/c1-24(15-19-11-14-30-17-19)22(27)16-29-23(28)20-9-12-25(13-10-20)21(26)8-7-18-5-3-2-4-6-18/h2-8,11,14,17,20H,9-10,12-13,15-16H2,1H3/b8-7+. The number of piperidine rings is 1. The molecule has 0 aliphatic carbocycles. The van der Waals surface area contributed by atoms with Crippen LogP contribution in [0.15, 0.2) is 53.2 Å². The number of rotatable bonds is 7. The maximum absolute atomic E-state index is 12.3. The minimum Gasteiger partial charge on any atom is -0.455 e. The van der Waals surface area contributed by atoms with Gasteiger partial charge in [0.2, 0.25) is 5.91 Å². The molecule has 0 saturated carbocycles. The van der Waals surface area contributed by atoms with Gasteiger partial charge in [0.15, 0.2) is 6.61 Å². The van der Waals surface area contributed by atoms with E-state index in [2.05, 4.69) is 0 Å². The van der Waals surface area contributed by atoms with Crippen LogP contribution in [0.1, 0.15) is 24.0 Å². The maximum atomic E-state index is 12.3. The van der Waals surface area contributed by atoms with Gasteiger partial charge in [0.25, 0.3) is 5.91 Å². The number of nitrogens with zero attached hydrogens (tertiary/aromatic N) is 2. The fourth-order valence-electron chi connectivity index (χ4n) is 3.28. The van der Waals surface area contributed by atoms with Gasteiger partial charge in [-0.2, -0.15) is 11.3 Å². The number of benzene rings is 1. The number of esters is 1. The van der Waals surface area contributed by atoms with Crippen LogP contribution >= 0.6 is 11.3 Å². The van der Waals surface area contributed by atoms with Crippen molar-refractivity contribution in [3.63, 3.8) is 0 Å². The molecule has 2 amide bonds. The smallest absolute Gasteiger partial charge is 0.309 e. The Hall–Kier alpha value is -2.93. The third-order valence-corrected chi connectivity index (χ3v) is 5.85. The van der Waals surface area contributed by atoms with E-state index < -0.39 is 0 Å². The Kier molecular flexibility index (Phi) is 7.79. The van der Waals surface area contributed by atoms with Crippen LogP contribution in [0.2, 0.25) is 0 Å².